The lowest BCUT2D eigenvalue weighted by molar-refractivity contribution is 0.670. The van der Waals surface area contributed by atoms with Crippen LogP contribution in [0.3, 0.4) is 0 Å². The molecule has 11 aromatic rings. The third-order valence-electron chi connectivity index (χ3n) is 10.3. The molecule has 0 bridgehead atoms. The zero-order valence-corrected chi connectivity index (χ0v) is 29.7. The third kappa shape index (κ3) is 5.01. The molecule has 0 amide bonds. The lowest BCUT2D eigenvalue weighted by Crippen LogP contribution is -2.00. The van der Waals surface area contributed by atoms with Crippen LogP contribution in [0.1, 0.15) is 0 Å². The number of hydrogen-bond acceptors (Lipinski definition) is 5. The van der Waals surface area contributed by atoms with Crippen molar-refractivity contribution in [2.45, 2.75) is 0 Å². The average molecular weight is 708 g/mol. The Morgan fingerprint density at radius 1 is 0.370 bits per heavy atom. The van der Waals surface area contributed by atoms with Crippen LogP contribution in [0.15, 0.2) is 180 Å². The minimum atomic E-state index is 0.631. The maximum atomic E-state index is 6.74. The van der Waals surface area contributed by atoms with Crippen LogP contribution in [-0.4, -0.2) is 15.0 Å². The molecule has 5 heteroatoms. The monoisotopic (exact) mass is 707 g/mol. The molecule has 4 nitrogen and oxygen atoms in total. The fourth-order valence-electron chi connectivity index (χ4n) is 7.75. The van der Waals surface area contributed by atoms with Crippen molar-refractivity contribution in [3.8, 4) is 56.4 Å². The van der Waals surface area contributed by atoms with Gasteiger partial charge >= 0.3 is 0 Å². The van der Waals surface area contributed by atoms with E-state index in [-0.39, 0.29) is 0 Å². The highest BCUT2D eigenvalue weighted by Gasteiger charge is 2.20. The number of hydrogen-bond donors (Lipinski definition) is 0. The molecule has 3 heterocycles. The fraction of sp³-hybridized carbons (Fsp3) is 0. The van der Waals surface area contributed by atoms with Crippen LogP contribution in [0.4, 0.5) is 0 Å². The molecule has 0 aliphatic carbocycles. The van der Waals surface area contributed by atoms with E-state index in [1.165, 1.54) is 25.6 Å². The molecular formula is C49H29N3OS. The molecule has 3 aromatic heterocycles. The summed E-state index contributed by atoms with van der Waals surface area (Å²) in [6.45, 7) is 0. The Hall–Kier alpha value is -6.95. The van der Waals surface area contributed by atoms with Crippen LogP contribution in [-0.2, 0) is 0 Å². The average Bonchev–Trinajstić information content (AvgIpc) is 3.81. The van der Waals surface area contributed by atoms with E-state index >= 15 is 0 Å². The van der Waals surface area contributed by atoms with E-state index in [2.05, 4.69) is 152 Å². The molecule has 11 rings (SSSR count). The van der Waals surface area contributed by atoms with Crippen LogP contribution >= 0.6 is 11.3 Å². The number of rotatable bonds is 5. The summed E-state index contributed by atoms with van der Waals surface area (Å²) in [6, 6.07) is 61.5. The Labute approximate surface area is 314 Å². The summed E-state index contributed by atoms with van der Waals surface area (Å²) in [5, 5.41) is 6.94. The topological polar surface area (TPSA) is 51.8 Å². The predicted octanol–water partition coefficient (Wildman–Crippen LogP) is 13.6. The number of nitrogens with zero attached hydrogens (tertiary/aromatic N) is 3. The van der Waals surface area contributed by atoms with Gasteiger partial charge in [0.05, 0.1) is 0 Å². The first kappa shape index (κ1) is 30.7. The maximum absolute atomic E-state index is 6.74. The Bertz CT molecular complexity index is 3200. The summed E-state index contributed by atoms with van der Waals surface area (Å²) < 4.78 is 9.20. The van der Waals surface area contributed by atoms with Crippen LogP contribution in [0.2, 0.25) is 0 Å². The standard InChI is InChI=1S/C49H29N3OS/c1-3-12-30(13-4-1)37-27-26-36(45-40-28-34-16-7-8-17-35(34)29-41(40)53-46(37)45)31-22-24-33(25-23-31)48-50-47(32-14-5-2-6-15-32)51-49(52-48)39-19-11-21-43-44(39)38-18-9-10-20-42(38)54-43/h1-29H. The predicted molar refractivity (Wildman–Crippen MR) is 225 cm³/mol. The van der Waals surface area contributed by atoms with E-state index in [0.717, 1.165) is 66.3 Å². The summed E-state index contributed by atoms with van der Waals surface area (Å²) in [5.41, 5.74) is 9.03. The van der Waals surface area contributed by atoms with Crippen LogP contribution in [0.5, 0.6) is 0 Å². The summed E-state index contributed by atoms with van der Waals surface area (Å²) in [4.78, 5) is 15.3. The first-order chi connectivity index (χ1) is 26.7. The Kier molecular flexibility index (Phi) is 7.00. The quantitative estimate of drug-likeness (QED) is 0.179. The summed E-state index contributed by atoms with van der Waals surface area (Å²) in [5.74, 6) is 1.94. The first-order valence-electron chi connectivity index (χ1n) is 18.0. The van der Waals surface area contributed by atoms with Crippen molar-refractivity contribution in [3.05, 3.63) is 176 Å². The number of thiophene rings is 1. The largest absolute Gasteiger partial charge is 0.455 e. The van der Waals surface area contributed by atoms with Gasteiger partial charge in [-0.1, -0.05) is 146 Å². The van der Waals surface area contributed by atoms with Crippen molar-refractivity contribution in [2.75, 3.05) is 0 Å². The van der Waals surface area contributed by atoms with Crippen molar-refractivity contribution in [1.82, 2.24) is 15.0 Å². The number of fused-ring (bicyclic) bond motifs is 7. The van der Waals surface area contributed by atoms with Gasteiger partial charge in [-0.05, 0) is 57.8 Å². The van der Waals surface area contributed by atoms with E-state index in [9.17, 15) is 0 Å². The maximum Gasteiger partial charge on any atom is 0.164 e. The molecule has 0 atom stereocenters. The van der Waals surface area contributed by atoms with Gasteiger partial charge in [-0.25, -0.2) is 15.0 Å². The van der Waals surface area contributed by atoms with E-state index in [1.807, 2.05) is 24.3 Å². The van der Waals surface area contributed by atoms with Gasteiger partial charge in [-0.15, -0.1) is 11.3 Å². The van der Waals surface area contributed by atoms with Crippen molar-refractivity contribution in [3.63, 3.8) is 0 Å². The molecule has 0 aliphatic heterocycles. The molecule has 0 aliphatic rings. The van der Waals surface area contributed by atoms with Crippen molar-refractivity contribution < 1.29 is 4.42 Å². The van der Waals surface area contributed by atoms with Gasteiger partial charge in [-0.3, -0.25) is 0 Å². The zero-order chi connectivity index (χ0) is 35.6. The van der Waals surface area contributed by atoms with Gasteiger partial charge in [-0.2, -0.15) is 0 Å². The molecule has 0 saturated carbocycles. The zero-order valence-electron chi connectivity index (χ0n) is 28.9. The summed E-state index contributed by atoms with van der Waals surface area (Å²) in [6.07, 6.45) is 0. The van der Waals surface area contributed by atoms with Gasteiger partial charge in [0.25, 0.3) is 0 Å². The lowest BCUT2D eigenvalue weighted by Gasteiger charge is -2.11. The minimum absolute atomic E-state index is 0.631. The number of furan rings is 1. The van der Waals surface area contributed by atoms with Crippen LogP contribution in [0.25, 0.3) is 109 Å². The lowest BCUT2D eigenvalue weighted by atomic mass is 9.93. The van der Waals surface area contributed by atoms with Crippen molar-refractivity contribution >= 4 is 64.2 Å². The van der Waals surface area contributed by atoms with E-state index < -0.39 is 0 Å². The summed E-state index contributed by atoms with van der Waals surface area (Å²) >= 11 is 1.80. The van der Waals surface area contributed by atoms with E-state index in [1.54, 1.807) is 11.3 Å². The molecule has 0 saturated heterocycles. The molecule has 0 radical (unpaired) electrons. The molecule has 252 valence electrons. The molecule has 8 aromatic carbocycles. The molecule has 54 heavy (non-hydrogen) atoms. The normalized spacial score (nSPS) is 11.7. The van der Waals surface area contributed by atoms with Crippen LogP contribution in [0, 0.1) is 0 Å². The second kappa shape index (κ2) is 12.3. The minimum Gasteiger partial charge on any atom is -0.455 e. The molecule has 0 fully saturated rings. The Morgan fingerprint density at radius 3 is 1.72 bits per heavy atom. The Morgan fingerprint density at radius 2 is 0.944 bits per heavy atom. The highest BCUT2D eigenvalue weighted by atomic mass is 32.1. The molecule has 0 N–H and O–H groups in total. The molecule has 0 unspecified atom stereocenters. The third-order valence-corrected chi connectivity index (χ3v) is 11.5. The second-order valence-electron chi connectivity index (χ2n) is 13.6. The molecule has 0 spiro atoms. The Balaban J connectivity index is 1.08. The SMILES string of the molecule is c1ccc(-c2nc(-c3ccc(-c4ccc(-c5ccccc5)c5oc6cc7ccccc7cc6c45)cc3)nc(-c3cccc4sc5ccccc5c34)n2)cc1. The highest BCUT2D eigenvalue weighted by molar-refractivity contribution is 7.25. The van der Waals surface area contributed by atoms with Crippen molar-refractivity contribution in [2.24, 2.45) is 0 Å². The van der Waals surface area contributed by atoms with E-state index in [4.69, 9.17) is 19.4 Å². The second-order valence-corrected chi connectivity index (χ2v) is 14.6. The van der Waals surface area contributed by atoms with Crippen LogP contribution < -0.4 is 0 Å². The van der Waals surface area contributed by atoms with E-state index in [0.29, 0.717) is 17.5 Å². The molecular weight excluding hydrogens is 679 g/mol. The number of aromatic nitrogens is 3. The van der Waals surface area contributed by atoms with Gasteiger partial charge in [0.1, 0.15) is 11.2 Å². The van der Waals surface area contributed by atoms with Gasteiger partial charge in [0.15, 0.2) is 17.5 Å². The highest BCUT2D eigenvalue weighted by Crippen LogP contribution is 2.44. The summed E-state index contributed by atoms with van der Waals surface area (Å²) in [7, 11) is 0. The van der Waals surface area contributed by atoms with Gasteiger partial charge in [0, 0.05) is 53.2 Å². The fourth-order valence-corrected chi connectivity index (χ4v) is 8.88. The van der Waals surface area contributed by atoms with Crippen molar-refractivity contribution in [1.29, 1.82) is 0 Å². The smallest absolute Gasteiger partial charge is 0.164 e. The van der Waals surface area contributed by atoms with Gasteiger partial charge < -0.3 is 4.42 Å². The first-order valence-corrected chi connectivity index (χ1v) is 18.8. The van der Waals surface area contributed by atoms with Gasteiger partial charge in [0.2, 0.25) is 0 Å². The number of benzene rings is 8.